The quantitative estimate of drug-likeness (QED) is 0.355. The van der Waals surface area contributed by atoms with Crippen LogP contribution in [0.3, 0.4) is 0 Å². The van der Waals surface area contributed by atoms with Crippen molar-refractivity contribution in [1.82, 2.24) is 0 Å². The van der Waals surface area contributed by atoms with Gasteiger partial charge in [0.25, 0.3) is 0 Å². The number of ketones is 2. The predicted octanol–water partition coefficient (Wildman–Crippen LogP) is 1.84. The Morgan fingerprint density at radius 2 is 1.89 bits per heavy atom. The number of rotatable bonds is 2. The third-order valence-electron chi connectivity index (χ3n) is 2.69. The topological polar surface area (TPSA) is 60.4 Å². The minimum absolute atomic E-state index is 0.165. The molecule has 1 aliphatic rings. The van der Waals surface area contributed by atoms with E-state index in [1.165, 1.54) is 12.1 Å². The zero-order valence-corrected chi connectivity index (χ0v) is 10.7. The Hall–Kier alpha value is -1.68. The van der Waals surface area contributed by atoms with E-state index < -0.39 is 28.5 Å². The first kappa shape index (κ1) is 12.8. The van der Waals surface area contributed by atoms with Crippen LogP contribution in [0.2, 0.25) is 0 Å². The monoisotopic (exact) mass is 266 g/mol. The summed E-state index contributed by atoms with van der Waals surface area (Å²) >= 11 is 6.10. The predicted molar refractivity (Wildman–Crippen MR) is 64.5 cm³/mol. The van der Waals surface area contributed by atoms with Crippen molar-refractivity contribution in [3.8, 4) is 0 Å². The van der Waals surface area contributed by atoms with E-state index in [9.17, 15) is 14.4 Å². The summed E-state index contributed by atoms with van der Waals surface area (Å²) in [7, 11) is 0. The molecule has 0 N–H and O–H groups in total. The van der Waals surface area contributed by atoms with Crippen molar-refractivity contribution in [2.24, 2.45) is 0 Å². The highest BCUT2D eigenvalue weighted by atomic mass is 35.5. The number of Topliss-reactive ketones (excluding diaryl/α,β-unsaturated/α-hetero) is 2. The van der Waals surface area contributed by atoms with E-state index in [2.05, 4.69) is 0 Å². The van der Waals surface area contributed by atoms with Crippen molar-refractivity contribution in [2.75, 3.05) is 0 Å². The minimum atomic E-state index is -2.03. The highest BCUT2D eigenvalue weighted by Gasteiger charge is 2.57. The summed E-state index contributed by atoms with van der Waals surface area (Å²) in [6.45, 7) is 3.29. The van der Waals surface area contributed by atoms with E-state index in [1.807, 2.05) is 0 Å². The molecule has 18 heavy (non-hydrogen) atoms. The summed E-state index contributed by atoms with van der Waals surface area (Å²) in [6.07, 6.45) is -0.413. The van der Waals surface area contributed by atoms with Crippen LogP contribution in [0.25, 0.3) is 0 Å². The van der Waals surface area contributed by atoms with Gasteiger partial charge in [-0.3, -0.25) is 9.59 Å². The number of carbonyl (C=O) groups excluding carboxylic acids is 3. The molecular formula is C13H11ClO4. The molecular weight excluding hydrogens is 256 g/mol. The van der Waals surface area contributed by atoms with Crippen LogP contribution in [-0.4, -0.2) is 23.6 Å². The summed E-state index contributed by atoms with van der Waals surface area (Å²) in [5.41, 5.74) is 0.366. The molecule has 1 atom stereocenters. The molecule has 1 aromatic rings. The number of benzene rings is 1. The van der Waals surface area contributed by atoms with Crippen LogP contribution in [0.1, 0.15) is 29.8 Å². The molecule has 0 aromatic heterocycles. The number of esters is 1. The van der Waals surface area contributed by atoms with Gasteiger partial charge in [0.15, 0.2) is 0 Å². The lowest BCUT2D eigenvalue weighted by Crippen LogP contribution is -2.39. The second kappa shape index (κ2) is 4.21. The number of fused-ring (bicyclic) bond motifs is 1. The molecule has 0 saturated heterocycles. The van der Waals surface area contributed by atoms with Gasteiger partial charge in [0.05, 0.1) is 6.10 Å². The van der Waals surface area contributed by atoms with Gasteiger partial charge in [-0.15, -0.1) is 0 Å². The zero-order valence-electron chi connectivity index (χ0n) is 9.90. The van der Waals surface area contributed by atoms with Gasteiger partial charge in [0.2, 0.25) is 16.4 Å². The lowest BCUT2D eigenvalue weighted by molar-refractivity contribution is -0.152. The van der Waals surface area contributed by atoms with Gasteiger partial charge in [-0.1, -0.05) is 35.9 Å². The van der Waals surface area contributed by atoms with E-state index in [0.717, 1.165) is 0 Å². The lowest BCUT2D eigenvalue weighted by Gasteiger charge is -2.20. The maximum absolute atomic E-state index is 12.0. The standard InChI is InChI=1S/C13H11ClO4/c1-7(2)18-12(17)13(14)9-6-4-3-5-8(9)10(15)11(13)16/h3-7H,1-2H3. The Kier molecular flexibility index (Phi) is 2.99. The molecule has 0 aliphatic heterocycles. The Bertz CT molecular complexity index is 550. The van der Waals surface area contributed by atoms with E-state index in [0.29, 0.717) is 0 Å². The summed E-state index contributed by atoms with van der Waals surface area (Å²) < 4.78 is 4.97. The fraction of sp³-hybridized carbons (Fsp3) is 0.308. The van der Waals surface area contributed by atoms with Crippen LogP contribution in [0.4, 0.5) is 0 Å². The summed E-state index contributed by atoms with van der Waals surface area (Å²) in [4.78, 5) is 33.6. The molecule has 2 rings (SSSR count). The fourth-order valence-corrected chi connectivity index (χ4v) is 2.18. The highest BCUT2D eigenvalue weighted by Crippen LogP contribution is 2.40. The Balaban J connectivity index is 2.54. The van der Waals surface area contributed by atoms with Crippen molar-refractivity contribution in [3.05, 3.63) is 35.4 Å². The molecule has 0 spiro atoms. The molecule has 5 heteroatoms. The van der Waals surface area contributed by atoms with Crippen LogP contribution in [0.15, 0.2) is 24.3 Å². The van der Waals surface area contributed by atoms with Gasteiger partial charge in [0, 0.05) is 11.1 Å². The second-order valence-electron chi connectivity index (χ2n) is 4.32. The molecule has 1 unspecified atom stereocenters. The SMILES string of the molecule is CC(C)OC(=O)C1(Cl)C(=O)C(=O)c2ccccc21. The Labute approximate surface area is 109 Å². The smallest absolute Gasteiger partial charge is 0.340 e. The average molecular weight is 267 g/mol. The lowest BCUT2D eigenvalue weighted by atomic mass is 10.00. The van der Waals surface area contributed by atoms with Crippen molar-refractivity contribution in [1.29, 1.82) is 0 Å². The maximum Gasteiger partial charge on any atom is 0.340 e. The number of carbonyl (C=O) groups is 3. The van der Waals surface area contributed by atoms with Crippen LogP contribution in [-0.2, 0) is 19.2 Å². The van der Waals surface area contributed by atoms with Crippen molar-refractivity contribution in [3.63, 3.8) is 0 Å². The van der Waals surface area contributed by atoms with E-state index in [-0.39, 0.29) is 11.1 Å². The maximum atomic E-state index is 12.0. The van der Waals surface area contributed by atoms with E-state index in [1.54, 1.807) is 26.0 Å². The van der Waals surface area contributed by atoms with E-state index >= 15 is 0 Å². The Morgan fingerprint density at radius 1 is 1.28 bits per heavy atom. The molecule has 1 aromatic carbocycles. The largest absolute Gasteiger partial charge is 0.461 e. The molecule has 1 aliphatic carbocycles. The molecule has 0 bridgehead atoms. The minimum Gasteiger partial charge on any atom is -0.461 e. The van der Waals surface area contributed by atoms with Gasteiger partial charge in [0.1, 0.15) is 0 Å². The number of halogens is 1. The summed E-state index contributed by atoms with van der Waals surface area (Å²) in [5.74, 6) is -2.60. The highest BCUT2D eigenvalue weighted by molar-refractivity contribution is 6.64. The van der Waals surface area contributed by atoms with Crippen LogP contribution in [0.5, 0.6) is 0 Å². The third-order valence-corrected chi connectivity index (χ3v) is 3.22. The van der Waals surface area contributed by atoms with Crippen LogP contribution in [0, 0.1) is 0 Å². The van der Waals surface area contributed by atoms with Gasteiger partial charge in [-0.05, 0) is 13.8 Å². The first-order chi connectivity index (χ1) is 8.39. The van der Waals surface area contributed by atoms with Gasteiger partial charge < -0.3 is 4.74 Å². The van der Waals surface area contributed by atoms with E-state index in [4.69, 9.17) is 16.3 Å². The van der Waals surface area contributed by atoms with Gasteiger partial charge >= 0.3 is 5.97 Å². The number of ether oxygens (including phenoxy) is 1. The van der Waals surface area contributed by atoms with Crippen LogP contribution >= 0.6 is 11.6 Å². The molecule has 0 radical (unpaired) electrons. The first-order valence-corrected chi connectivity index (χ1v) is 5.85. The van der Waals surface area contributed by atoms with Gasteiger partial charge in [-0.25, -0.2) is 4.79 Å². The van der Waals surface area contributed by atoms with Gasteiger partial charge in [-0.2, -0.15) is 0 Å². The van der Waals surface area contributed by atoms with Crippen molar-refractivity contribution >= 4 is 29.1 Å². The average Bonchev–Trinajstić information content (AvgIpc) is 2.53. The molecule has 4 nitrogen and oxygen atoms in total. The van der Waals surface area contributed by atoms with Crippen molar-refractivity contribution < 1.29 is 19.1 Å². The molecule has 0 saturated carbocycles. The molecule has 94 valence electrons. The fourth-order valence-electron chi connectivity index (χ4n) is 1.88. The van der Waals surface area contributed by atoms with Crippen LogP contribution < -0.4 is 0 Å². The third kappa shape index (κ3) is 1.64. The second-order valence-corrected chi connectivity index (χ2v) is 4.88. The summed E-state index contributed by atoms with van der Waals surface area (Å²) in [6, 6.07) is 6.19. The molecule has 0 fully saturated rings. The first-order valence-electron chi connectivity index (χ1n) is 5.47. The summed E-state index contributed by atoms with van der Waals surface area (Å²) in [5, 5.41) is 0. The number of hydrogen-bond donors (Lipinski definition) is 0. The van der Waals surface area contributed by atoms with Crippen molar-refractivity contribution in [2.45, 2.75) is 24.8 Å². The number of alkyl halides is 1. The molecule has 0 heterocycles. The zero-order chi connectivity index (χ0) is 13.5. The normalized spacial score (nSPS) is 22.2. The number of hydrogen-bond acceptors (Lipinski definition) is 4. The Morgan fingerprint density at radius 3 is 2.50 bits per heavy atom. The molecule has 0 amide bonds.